The SMILES string of the molecule is COc1cc(S(=O)(=O)ONNC(N)=O)c(C)cc1N. The minimum Gasteiger partial charge on any atom is -0.495 e. The number of urea groups is 1. The van der Waals surface area contributed by atoms with Gasteiger partial charge in [0, 0.05) is 6.07 Å². The van der Waals surface area contributed by atoms with Gasteiger partial charge in [-0.05, 0) is 18.6 Å². The summed E-state index contributed by atoms with van der Waals surface area (Å²) >= 11 is 0. The molecule has 0 unspecified atom stereocenters. The Hall–Kier alpha value is -2.04. The number of nitrogen functional groups attached to an aromatic ring is 1. The molecule has 1 aromatic rings. The molecule has 0 aliphatic carbocycles. The van der Waals surface area contributed by atoms with Crippen molar-refractivity contribution in [2.45, 2.75) is 11.8 Å². The largest absolute Gasteiger partial charge is 0.495 e. The molecule has 0 atom stereocenters. The van der Waals surface area contributed by atoms with Crippen molar-refractivity contribution in [3.05, 3.63) is 17.7 Å². The Morgan fingerprint density at radius 3 is 2.53 bits per heavy atom. The van der Waals surface area contributed by atoms with Gasteiger partial charge in [-0.2, -0.15) is 12.7 Å². The highest BCUT2D eigenvalue weighted by Gasteiger charge is 2.21. The average molecular weight is 290 g/mol. The quantitative estimate of drug-likeness (QED) is 0.417. The van der Waals surface area contributed by atoms with E-state index in [1.807, 2.05) is 0 Å². The Balaban J connectivity index is 3.04. The number of carbonyl (C=O) groups excluding carboxylic acids is 1. The second kappa shape index (κ2) is 5.73. The molecule has 0 saturated carbocycles. The fourth-order valence-electron chi connectivity index (χ4n) is 1.31. The lowest BCUT2D eigenvalue weighted by molar-refractivity contribution is 0.161. The van der Waals surface area contributed by atoms with Crippen molar-refractivity contribution in [1.82, 2.24) is 11.0 Å². The van der Waals surface area contributed by atoms with Crippen LogP contribution in [0.3, 0.4) is 0 Å². The number of benzene rings is 1. The standard InChI is InChI=1S/C9H14N4O5S/c1-5-3-6(10)7(17-2)4-8(5)19(15,16)18-13-12-9(11)14/h3-4,13H,10H2,1-2H3,(H3,11,12,14). The van der Waals surface area contributed by atoms with Gasteiger partial charge < -0.3 is 16.2 Å². The number of hydrogen-bond donors (Lipinski definition) is 4. The van der Waals surface area contributed by atoms with Crippen molar-refractivity contribution in [1.29, 1.82) is 0 Å². The zero-order valence-electron chi connectivity index (χ0n) is 10.3. The Morgan fingerprint density at radius 1 is 1.37 bits per heavy atom. The van der Waals surface area contributed by atoms with E-state index in [1.165, 1.54) is 26.2 Å². The van der Waals surface area contributed by atoms with Crippen LogP contribution in [0.2, 0.25) is 0 Å². The van der Waals surface area contributed by atoms with Gasteiger partial charge >= 0.3 is 16.1 Å². The Kier molecular flexibility index (Phi) is 4.53. The van der Waals surface area contributed by atoms with Crippen molar-refractivity contribution in [2.75, 3.05) is 12.8 Å². The number of carbonyl (C=O) groups is 1. The molecule has 0 saturated heterocycles. The fraction of sp³-hybridized carbons (Fsp3) is 0.222. The number of hydrogen-bond acceptors (Lipinski definition) is 7. The monoisotopic (exact) mass is 290 g/mol. The van der Waals surface area contributed by atoms with Crippen LogP contribution in [0.25, 0.3) is 0 Å². The van der Waals surface area contributed by atoms with E-state index < -0.39 is 16.1 Å². The van der Waals surface area contributed by atoms with Crippen LogP contribution in [0.4, 0.5) is 10.5 Å². The lowest BCUT2D eigenvalue weighted by Crippen LogP contribution is -2.42. The third-order valence-electron chi connectivity index (χ3n) is 2.12. The van der Waals surface area contributed by atoms with Crippen LogP contribution < -0.4 is 27.2 Å². The number of primary amides is 1. The van der Waals surface area contributed by atoms with E-state index in [0.29, 0.717) is 11.3 Å². The number of amides is 2. The second-order valence-corrected chi connectivity index (χ2v) is 5.00. The molecule has 0 fully saturated rings. The predicted molar refractivity (Wildman–Crippen MR) is 66.3 cm³/mol. The first-order chi connectivity index (χ1) is 8.77. The van der Waals surface area contributed by atoms with Crippen LogP contribution in [-0.4, -0.2) is 21.6 Å². The Bertz CT molecular complexity index is 587. The summed E-state index contributed by atoms with van der Waals surface area (Å²) in [7, 11) is -2.80. The maximum absolute atomic E-state index is 11.8. The Labute approximate surface area is 109 Å². The van der Waals surface area contributed by atoms with Crippen LogP contribution in [0.15, 0.2) is 17.0 Å². The van der Waals surface area contributed by atoms with Crippen LogP contribution in [0.1, 0.15) is 5.56 Å². The number of nitrogens with one attached hydrogen (secondary N) is 2. The molecule has 0 aliphatic rings. The summed E-state index contributed by atoms with van der Waals surface area (Å²) in [5.74, 6) is 0.190. The van der Waals surface area contributed by atoms with Gasteiger partial charge in [-0.15, -0.1) is 0 Å². The summed E-state index contributed by atoms with van der Waals surface area (Å²) in [4.78, 5) is 10.2. The Morgan fingerprint density at radius 2 is 2.00 bits per heavy atom. The minimum absolute atomic E-state index is 0.155. The third-order valence-corrected chi connectivity index (χ3v) is 3.40. The van der Waals surface area contributed by atoms with Gasteiger partial charge in [-0.1, -0.05) is 5.59 Å². The molecule has 0 spiro atoms. The van der Waals surface area contributed by atoms with Gasteiger partial charge in [0.05, 0.1) is 12.8 Å². The van der Waals surface area contributed by atoms with E-state index in [0.717, 1.165) is 0 Å². The van der Waals surface area contributed by atoms with Crippen molar-refractivity contribution < 1.29 is 22.2 Å². The third kappa shape index (κ3) is 3.71. The highest BCUT2D eigenvalue weighted by molar-refractivity contribution is 7.86. The number of rotatable bonds is 5. The summed E-state index contributed by atoms with van der Waals surface area (Å²) in [6.45, 7) is 1.54. The fourth-order valence-corrected chi connectivity index (χ4v) is 2.25. The molecule has 19 heavy (non-hydrogen) atoms. The number of methoxy groups -OCH3 is 1. The van der Waals surface area contributed by atoms with Gasteiger partial charge in [-0.25, -0.2) is 10.2 Å². The topological polar surface area (TPSA) is 146 Å². The number of anilines is 1. The van der Waals surface area contributed by atoms with E-state index in [9.17, 15) is 13.2 Å². The van der Waals surface area contributed by atoms with Crippen molar-refractivity contribution in [3.63, 3.8) is 0 Å². The summed E-state index contributed by atoms with van der Waals surface area (Å²) in [5.41, 5.74) is 14.5. The summed E-state index contributed by atoms with van der Waals surface area (Å²) in [5, 5.41) is 0. The van der Waals surface area contributed by atoms with Crippen LogP contribution in [0, 0.1) is 6.92 Å². The average Bonchev–Trinajstić information content (AvgIpc) is 2.27. The molecule has 0 bridgehead atoms. The van der Waals surface area contributed by atoms with E-state index >= 15 is 0 Å². The van der Waals surface area contributed by atoms with Crippen molar-refractivity contribution in [3.8, 4) is 5.75 Å². The molecule has 10 heteroatoms. The zero-order chi connectivity index (χ0) is 14.6. The second-order valence-electron chi connectivity index (χ2n) is 3.49. The first kappa shape index (κ1) is 15.0. The smallest absolute Gasteiger partial charge is 0.328 e. The molecule has 6 N–H and O–H groups in total. The molecule has 1 aromatic carbocycles. The summed E-state index contributed by atoms with van der Waals surface area (Å²) < 4.78 is 33.0. The van der Waals surface area contributed by atoms with E-state index in [1.54, 1.807) is 11.0 Å². The molecule has 106 valence electrons. The number of ether oxygens (including phenoxy) is 1. The van der Waals surface area contributed by atoms with Gasteiger partial charge in [0.15, 0.2) is 0 Å². The molecule has 9 nitrogen and oxygen atoms in total. The van der Waals surface area contributed by atoms with Crippen LogP contribution in [0.5, 0.6) is 5.75 Å². The molecule has 0 radical (unpaired) electrons. The maximum atomic E-state index is 11.8. The molecular formula is C9H14N4O5S. The molecule has 2 amide bonds. The van der Waals surface area contributed by atoms with E-state index in [-0.39, 0.29) is 10.6 Å². The minimum atomic E-state index is -4.15. The first-order valence-corrected chi connectivity index (χ1v) is 6.37. The van der Waals surface area contributed by atoms with E-state index in [2.05, 4.69) is 4.28 Å². The summed E-state index contributed by atoms with van der Waals surface area (Å²) in [6.07, 6.45) is 0. The first-order valence-electron chi connectivity index (χ1n) is 4.96. The van der Waals surface area contributed by atoms with Crippen LogP contribution in [-0.2, 0) is 14.4 Å². The maximum Gasteiger partial charge on any atom is 0.328 e. The van der Waals surface area contributed by atoms with Gasteiger partial charge in [0.25, 0.3) is 0 Å². The van der Waals surface area contributed by atoms with Gasteiger partial charge in [0.1, 0.15) is 10.6 Å². The van der Waals surface area contributed by atoms with E-state index in [4.69, 9.17) is 16.2 Å². The lowest BCUT2D eigenvalue weighted by Gasteiger charge is -2.11. The molecule has 1 rings (SSSR count). The van der Waals surface area contributed by atoms with Crippen molar-refractivity contribution in [2.24, 2.45) is 5.73 Å². The normalized spacial score (nSPS) is 11.1. The zero-order valence-corrected chi connectivity index (χ0v) is 11.1. The number of aryl methyl sites for hydroxylation is 1. The lowest BCUT2D eigenvalue weighted by atomic mass is 10.2. The molecular weight excluding hydrogens is 276 g/mol. The van der Waals surface area contributed by atoms with Gasteiger partial charge in [0.2, 0.25) is 0 Å². The predicted octanol–water partition coefficient (Wildman–Crippen LogP) is -0.621. The highest BCUT2D eigenvalue weighted by Crippen LogP contribution is 2.28. The van der Waals surface area contributed by atoms with Gasteiger partial charge in [-0.3, -0.25) is 0 Å². The number of nitrogens with two attached hydrogens (primary N) is 2. The molecule has 0 aromatic heterocycles. The van der Waals surface area contributed by atoms with Crippen LogP contribution >= 0.6 is 0 Å². The number of hydrazine groups is 1. The summed E-state index contributed by atoms with van der Waals surface area (Å²) in [6, 6.07) is 1.64. The highest BCUT2D eigenvalue weighted by atomic mass is 32.2. The van der Waals surface area contributed by atoms with Crippen molar-refractivity contribution >= 4 is 21.8 Å². The molecule has 0 aliphatic heterocycles. The molecule has 0 heterocycles.